The average molecular weight is 657 g/mol. The number of hydrogen-bond acceptors (Lipinski definition) is 11. The largest absolute Gasteiger partial charge is 0.493 e. The first-order valence-corrected chi connectivity index (χ1v) is 14.6. The topological polar surface area (TPSA) is 128 Å². The van der Waals surface area contributed by atoms with Gasteiger partial charge in [0.2, 0.25) is 23.6 Å². The number of halogens is 2. The highest BCUT2D eigenvalue weighted by Crippen LogP contribution is 2.41. The van der Waals surface area contributed by atoms with E-state index in [0.29, 0.717) is 56.6 Å². The maximum absolute atomic E-state index is 6.05. The first-order chi connectivity index (χ1) is 22.4. The normalized spacial score (nSPS) is 10.7. The molecule has 11 nitrogen and oxygen atoms in total. The fourth-order valence-corrected chi connectivity index (χ4v) is 4.74. The second-order valence-electron chi connectivity index (χ2n) is 9.76. The van der Waals surface area contributed by atoms with Crippen molar-refractivity contribution in [2.45, 2.75) is 0 Å². The molecule has 0 fully saturated rings. The van der Waals surface area contributed by atoms with E-state index in [-0.39, 0.29) is 0 Å². The predicted octanol–water partition coefficient (Wildman–Crippen LogP) is 8.76. The van der Waals surface area contributed by atoms with Crippen LogP contribution >= 0.6 is 23.2 Å². The van der Waals surface area contributed by atoms with Crippen molar-refractivity contribution in [1.82, 2.24) is 20.1 Å². The van der Waals surface area contributed by atoms with Crippen LogP contribution < -0.4 is 30.2 Å². The molecular formula is C33H27Cl2N7O4. The first-order valence-electron chi connectivity index (χ1n) is 13.9. The van der Waals surface area contributed by atoms with E-state index >= 15 is 0 Å². The SMILES string of the molecule is COc1cc(-c2cc(-c3ccc(Nc4nc(Nc5ccc(Cl)cc5)nc(Nc5ccc(Cl)cc5)n4)cc3)no2)cc(OC)c1OC. The van der Waals surface area contributed by atoms with E-state index in [1.165, 1.54) is 0 Å². The van der Waals surface area contributed by atoms with Gasteiger partial charge in [-0.05, 0) is 72.8 Å². The Morgan fingerprint density at radius 1 is 0.543 bits per heavy atom. The average Bonchev–Trinajstić information content (AvgIpc) is 3.57. The summed E-state index contributed by atoms with van der Waals surface area (Å²) in [5, 5.41) is 15.2. The van der Waals surface area contributed by atoms with Crippen molar-refractivity contribution >= 4 is 58.1 Å². The zero-order chi connectivity index (χ0) is 32.0. The third-order valence-corrected chi connectivity index (χ3v) is 7.24. The Morgan fingerprint density at radius 3 is 1.39 bits per heavy atom. The lowest BCUT2D eigenvalue weighted by molar-refractivity contribution is 0.324. The van der Waals surface area contributed by atoms with E-state index in [2.05, 4.69) is 36.1 Å². The van der Waals surface area contributed by atoms with Gasteiger partial charge in [-0.2, -0.15) is 15.0 Å². The lowest BCUT2D eigenvalue weighted by Crippen LogP contribution is -2.07. The van der Waals surface area contributed by atoms with Crippen molar-refractivity contribution in [2.75, 3.05) is 37.3 Å². The second-order valence-corrected chi connectivity index (χ2v) is 10.6. The number of hydrogen-bond donors (Lipinski definition) is 3. The van der Waals surface area contributed by atoms with Crippen LogP contribution in [0.1, 0.15) is 0 Å². The van der Waals surface area contributed by atoms with Gasteiger partial charge in [0, 0.05) is 44.3 Å². The number of benzene rings is 4. The minimum atomic E-state index is 0.321. The van der Waals surface area contributed by atoms with Crippen LogP contribution in [0.5, 0.6) is 17.2 Å². The van der Waals surface area contributed by atoms with Gasteiger partial charge in [-0.25, -0.2) is 0 Å². The molecule has 3 N–H and O–H groups in total. The zero-order valence-corrected chi connectivity index (χ0v) is 26.3. The lowest BCUT2D eigenvalue weighted by atomic mass is 10.1. The monoisotopic (exact) mass is 655 g/mol. The van der Waals surface area contributed by atoms with Crippen LogP contribution in [0, 0.1) is 0 Å². The summed E-state index contributed by atoms with van der Waals surface area (Å²) in [6.07, 6.45) is 0. The highest BCUT2D eigenvalue weighted by Gasteiger charge is 2.17. The zero-order valence-electron chi connectivity index (χ0n) is 24.8. The molecule has 6 rings (SSSR count). The minimum Gasteiger partial charge on any atom is -0.493 e. The molecule has 6 aromatic rings. The van der Waals surface area contributed by atoms with E-state index in [9.17, 15) is 0 Å². The van der Waals surface area contributed by atoms with Gasteiger partial charge in [0.05, 0.1) is 21.3 Å². The number of aromatic nitrogens is 4. The van der Waals surface area contributed by atoms with E-state index in [1.807, 2.05) is 54.6 Å². The fourth-order valence-electron chi connectivity index (χ4n) is 4.49. The highest BCUT2D eigenvalue weighted by atomic mass is 35.5. The molecule has 0 saturated heterocycles. The molecule has 2 aromatic heterocycles. The van der Waals surface area contributed by atoms with Gasteiger partial charge in [-0.1, -0.05) is 40.5 Å². The molecule has 0 spiro atoms. The maximum atomic E-state index is 6.05. The molecule has 13 heteroatoms. The van der Waals surface area contributed by atoms with Gasteiger partial charge in [-0.15, -0.1) is 0 Å². The van der Waals surface area contributed by atoms with Crippen LogP contribution in [0.25, 0.3) is 22.6 Å². The highest BCUT2D eigenvalue weighted by molar-refractivity contribution is 6.30. The van der Waals surface area contributed by atoms with Crippen LogP contribution in [-0.4, -0.2) is 41.4 Å². The fraction of sp³-hybridized carbons (Fsp3) is 0.0909. The summed E-state index contributed by atoms with van der Waals surface area (Å²) in [4.78, 5) is 13.7. The number of nitrogens with one attached hydrogen (secondary N) is 3. The smallest absolute Gasteiger partial charge is 0.233 e. The lowest BCUT2D eigenvalue weighted by Gasteiger charge is -2.13. The number of methoxy groups -OCH3 is 3. The third-order valence-electron chi connectivity index (χ3n) is 6.73. The van der Waals surface area contributed by atoms with Crippen molar-refractivity contribution in [1.29, 1.82) is 0 Å². The first kappa shape index (κ1) is 30.5. The summed E-state index contributed by atoms with van der Waals surface area (Å²) in [7, 11) is 4.68. The number of ether oxygens (including phenoxy) is 3. The summed E-state index contributed by atoms with van der Waals surface area (Å²) in [5.74, 6) is 3.05. The summed E-state index contributed by atoms with van der Waals surface area (Å²) in [6.45, 7) is 0. The van der Waals surface area contributed by atoms with Crippen molar-refractivity contribution in [3.63, 3.8) is 0 Å². The van der Waals surface area contributed by atoms with Gasteiger partial charge in [0.1, 0.15) is 5.69 Å². The molecule has 0 aliphatic rings. The molecule has 232 valence electrons. The van der Waals surface area contributed by atoms with Crippen LogP contribution in [0.4, 0.5) is 34.9 Å². The molecule has 0 aliphatic carbocycles. The molecular weight excluding hydrogens is 629 g/mol. The predicted molar refractivity (Wildman–Crippen MR) is 180 cm³/mol. The van der Waals surface area contributed by atoms with Crippen LogP contribution in [0.2, 0.25) is 10.0 Å². The van der Waals surface area contributed by atoms with E-state index in [1.54, 1.807) is 57.7 Å². The minimum absolute atomic E-state index is 0.321. The Kier molecular flexibility index (Phi) is 9.04. The third kappa shape index (κ3) is 7.06. The van der Waals surface area contributed by atoms with Crippen molar-refractivity contribution in [3.05, 3.63) is 101 Å². The van der Waals surface area contributed by atoms with E-state index in [0.717, 1.165) is 28.2 Å². The Morgan fingerprint density at radius 2 is 0.978 bits per heavy atom. The molecule has 0 bridgehead atoms. The summed E-state index contributed by atoms with van der Waals surface area (Å²) >= 11 is 12.1. The number of anilines is 6. The van der Waals surface area contributed by atoms with E-state index in [4.69, 9.17) is 41.9 Å². The second kappa shape index (κ2) is 13.6. The molecule has 4 aromatic carbocycles. The van der Waals surface area contributed by atoms with Crippen LogP contribution in [0.3, 0.4) is 0 Å². The summed E-state index contributed by atoms with van der Waals surface area (Å²) in [5.41, 5.74) is 4.51. The van der Waals surface area contributed by atoms with Gasteiger partial charge in [-0.3, -0.25) is 0 Å². The number of nitrogens with zero attached hydrogens (tertiary/aromatic N) is 4. The molecule has 0 aliphatic heterocycles. The van der Waals surface area contributed by atoms with Crippen molar-refractivity contribution in [2.24, 2.45) is 0 Å². The standard InChI is InChI=1S/C33H27Cl2N7O4/c1-43-28-16-20(17-29(44-2)30(28)45-3)27-18-26(42-46-27)19-4-10-23(11-5-19)36-31-39-32(37-24-12-6-21(34)7-13-24)41-33(40-31)38-25-14-8-22(35)9-15-25/h4-18H,1-3H3,(H3,36,37,38,39,40,41). The molecule has 0 amide bonds. The van der Waals surface area contributed by atoms with Gasteiger partial charge >= 0.3 is 0 Å². The Bertz CT molecular complexity index is 1860. The van der Waals surface area contributed by atoms with Crippen molar-refractivity contribution in [3.8, 4) is 39.8 Å². The summed E-state index contributed by atoms with van der Waals surface area (Å²) in [6, 6.07) is 27.5. The maximum Gasteiger partial charge on any atom is 0.233 e. The van der Waals surface area contributed by atoms with Gasteiger partial charge < -0.3 is 34.7 Å². The Hall–Kier alpha value is -5.52. The molecule has 2 heterocycles. The summed E-state index contributed by atoms with van der Waals surface area (Å²) < 4.78 is 22.0. The van der Waals surface area contributed by atoms with Gasteiger partial charge in [0.25, 0.3) is 0 Å². The molecule has 0 atom stereocenters. The number of rotatable bonds is 11. The molecule has 0 saturated carbocycles. The Balaban J connectivity index is 1.23. The Labute approximate surface area is 274 Å². The molecule has 0 radical (unpaired) electrons. The molecule has 0 unspecified atom stereocenters. The quantitative estimate of drug-likeness (QED) is 0.124. The van der Waals surface area contributed by atoms with Crippen molar-refractivity contribution < 1.29 is 18.7 Å². The van der Waals surface area contributed by atoms with Crippen LogP contribution in [0.15, 0.2) is 95.5 Å². The van der Waals surface area contributed by atoms with Crippen LogP contribution in [-0.2, 0) is 0 Å². The van der Waals surface area contributed by atoms with Gasteiger partial charge in [0.15, 0.2) is 17.3 Å². The van der Waals surface area contributed by atoms with E-state index < -0.39 is 0 Å². The molecule has 46 heavy (non-hydrogen) atoms.